The molecule has 2 aromatic rings. The van der Waals surface area contributed by atoms with E-state index in [1.807, 2.05) is 24.4 Å². The van der Waals surface area contributed by atoms with Crippen molar-refractivity contribution in [1.29, 1.82) is 0 Å². The minimum Gasteiger partial charge on any atom is -0.331 e. The summed E-state index contributed by atoms with van der Waals surface area (Å²) >= 11 is 7.45. The summed E-state index contributed by atoms with van der Waals surface area (Å²) in [6, 6.07) is 7.14. The third-order valence-electron chi connectivity index (χ3n) is 2.73. The highest BCUT2D eigenvalue weighted by Gasteiger charge is 2.13. The minimum atomic E-state index is -0.547. The quantitative estimate of drug-likeness (QED) is 0.653. The Morgan fingerprint density at radius 2 is 2.19 bits per heavy atom. The average Bonchev–Trinajstić information content (AvgIpc) is 2.94. The molecule has 6 nitrogen and oxygen atoms in total. The number of thiophene rings is 1. The molecule has 0 radical (unpaired) electrons. The van der Waals surface area contributed by atoms with E-state index in [0.717, 1.165) is 4.88 Å². The number of benzene rings is 1. The Morgan fingerprint density at radius 3 is 2.76 bits per heavy atom. The summed E-state index contributed by atoms with van der Waals surface area (Å²) < 4.78 is 0. The summed E-state index contributed by atoms with van der Waals surface area (Å²) in [7, 11) is 0. The van der Waals surface area contributed by atoms with Gasteiger partial charge in [-0.05, 0) is 24.4 Å². The zero-order valence-corrected chi connectivity index (χ0v) is 12.6. The summed E-state index contributed by atoms with van der Waals surface area (Å²) in [5, 5.41) is 18.0. The minimum absolute atomic E-state index is 0.114. The molecule has 8 heteroatoms. The van der Waals surface area contributed by atoms with Crippen LogP contribution in [0, 0.1) is 10.1 Å². The Morgan fingerprint density at radius 1 is 1.43 bits per heavy atom. The van der Waals surface area contributed by atoms with E-state index in [-0.39, 0.29) is 16.8 Å². The lowest BCUT2D eigenvalue weighted by Gasteiger charge is -2.13. The molecule has 0 aliphatic carbocycles. The van der Waals surface area contributed by atoms with Gasteiger partial charge in [0.15, 0.2) is 0 Å². The van der Waals surface area contributed by atoms with Crippen molar-refractivity contribution >= 4 is 40.3 Å². The van der Waals surface area contributed by atoms with Gasteiger partial charge in [0.1, 0.15) is 0 Å². The van der Waals surface area contributed by atoms with Crippen LogP contribution < -0.4 is 10.6 Å². The number of hydrogen-bond acceptors (Lipinski definition) is 4. The van der Waals surface area contributed by atoms with Crippen LogP contribution in [-0.2, 0) is 0 Å². The van der Waals surface area contributed by atoms with E-state index < -0.39 is 11.0 Å². The largest absolute Gasteiger partial charge is 0.331 e. The van der Waals surface area contributed by atoms with Crippen LogP contribution in [0.5, 0.6) is 0 Å². The number of carbonyl (C=O) groups is 1. The van der Waals surface area contributed by atoms with E-state index in [1.54, 1.807) is 11.3 Å². The number of nitro groups is 1. The van der Waals surface area contributed by atoms with Gasteiger partial charge in [-0.3, -0.25) is 10.1 Å². The fourth-order valence-corrected chi connectivity index (χ4v) is 2.64. The Balaban J connectivity index is 2.01. The van der Waals surface area contributed by atoms with Crippen LogP contribution in [0.1, 0.15) is 17.8 Å². The van der Waals surface area contributed by atoms with Crippen LogP contribution in [0.25, 0.3) is 0 Å². The number of amides is 2. The Hall–Kier alpha value is -2.12. The van der Waals surface area contributed by atoms with Gasteiger partial charge < -0.3 is 10.6 Å². The lowest BCUT2D eigenvalue weighted by molar-refractivity contribution is -0.384. The Labute approximate surface area is 129 Å². The summed E-state index contributed by atoms with van der Waals surface area (Å²) in [6.07, 6.45) is 0. The van der Waals surface area contributed by atoms with E-state index >= 15 is 0 Å². The van der Waals surface area contributed by atoms with Crippen molar-refractivity contribution in [1.82, 2.24) is 5.32 Å². The van der Waals surface area contributed by atoms with Crippen molar-refractivity contribution in [2.24, 2.45) is 0 Å². The van der Waals surface area contributed by atoms with Gasteiger partial charge in [-0.25, -0.2) is 4.79 Å². The van der Waals surface area contributed by atoms with Gasteiger partial charge in [-0.15, -0.1) is 11.3 Å². The lowest BCUT2D eigenvalue weighted by Crippen LogP contribution is -2.30. The number of anilines is 1. The van der Waals surface area contributed by atoms with Crippen LogP contribution in [0.3, 0.4) is 0 Å². The van der Waals surface area contributed by atoms with Gasteiger partial charge in [0.05, 0.1) is 21.7 Å². The van der Waals surface area contributed by atoms with Gasteiger partial charge in [0.25, 0.3) is 5.69 Å². The number of hydrogen-bond donors (Lipinski definition) is 2. The maximum Gasteiger partial charge on any atom is 0.319 e. The average molecular weight is 326 g/mol. The predicted molar refractivity (Wildman–Crippen MR) is 83.0 cm³/mol. The SMILES string of the molecule is CC(NC(=O)Nc1ccc([N+](=O)[O-])cc1Cl)c1cccs1. The Kier molecular flexibility index (Phi) is 4.77. The maximum atomic E-state index is 11.9. The molecule has 0 saturated heterocycles. The molecule has 2 rings (SSSR count). The van der Waals surface area contributed by atoms with Crippen molar-refractivity contribution < 1.29 is 9.72 Å². The second-order valence-electron chi connectivity index (χ2n) is 4.26. The molecule has 110 valence electrons. The van der Waals surface area contributed by atoms with Crippen molar-refractivity contribution in [3.63, 3.8) is 0 Å². The molecule has 2 amide bonds. The Bertz CT molecular complexity index is 661. The third-order valence-corrected chi connectivity index (χ3v) is 4.10. The van der Waals surface area contributed by atoms with Crippen molar-refractivity contribution in [3.8, 4) is 0 Å². The number of urea groups is 1. The van der Waals surface area contributed by atoms with Crippen LogP contribution in [0.2, 0.25) is 5.02 Å². The normalized spacial score (nSPS) is 11.7. The number of carbonyl (C=O) groups excluding carboxylic acids is 1. The zero-order chi connectivity index (χ0) is 15.4. The summed E-state index contributed by atoms with van der Waals surface area (Å²) in [6.45, 7) is 1.86. The monoisotopic (exact) mass is 325 g/mol. The topological polar surface area (TPSA) is 84.3 Å². The highest BCUT2D eigenvalue weighted by atomic mass is 35.5. The second-order valence-corrected chi connectivity index (χ2v) is 5.64. The van der Waals surface area contributed by atoms with E-state index in [9.17, 15) is 14.9 Å². The molecule has 0 aliphatic rings. The second kappa shape index (κ2) is 6.55. The summed E-state index contributed by atoms with van der Waals surface area (Å²) in [5.74, 6) is 0. The van der Waals surface area contributed by atoms with E-state index in [0.29, 0.717) is 5.69 Å². The van der Waals surface area contributed by atoms with Gasteiger partial charge in [-0.2, -0.15) is 0 Å². The molecule has 0 spiro atoms. The highest BCUT2D eigenvalue weighted by molar-refractivity contribution is 7.10. The van der Waals surface area contributed by atoms with Gasteiger partial charge >= 0.3 is 6.03 Å². The highest BCUT2D eigenvalue weighted by Crippen LogP contribution is 2.26. The lowest BCUT2D eigenvalue weighted by atomic mass is 10.2. The predicted octanol–water partition coefficient (Wildman–Crippen LogP) is 4.19. The molecular weight excluding hydrogens is 314 g/mol. The van der Waals surface area contributed by atoms with Crippen LogP contribution in [0.4, 0.5) is 16.2 Å². The fraction of sp³-hybridized carbons (Fsp3) is 0.154. The third kappa shape index (κ3) is 3.93. The van der Waals surface area contributed by atoms with Crippen molar-refractivity contribution in [2.75, 3.05) is 5.32 Å². The molecule has 0 fully saturated rings. The first-order valence-corrected chi connectivity index (χ1v) is 7.28. The number of halogens is 1. The van der Waals surface area contributed by atoms with E-state index in [1.165, 1.54) is 18.2 Å². The molecule has 1 unspecified atom stereocenters. The number of non-ortho nitro benzene ring substituents is 1. The molecule has 1 aromatic heterocycles. The van der Waals surface area contributed by atoms with Crippen molar-refractivity contribution in [3.05, 3.63) is 55.7 Å². The fourth-order valence-electron chi connectivity index (χ4n) is 1.68. The van der Waals surface area contributed by atoms with Crippen LogP contribution >= 0.6 is 22.9 Å². The number of rotatable bonds is 4. The van der Waals surface area contributed by atoms with Crippen LogP contribution in [-0.4, -0.2) is 11.0 Å². The molecule has 1 heterocycles. The van der Waals surface area contributed by atoms with Crippen LogP contribution in [0.15, 0.2) is 35.7 Å². The molecular formula is C13H12ClN3O3S. The van der Waals surface area contributed by atoms with Gasteiger partial charge in [0, 0.05) is 17.0 Å². The first kappa shape index (κ1) is 15.3. The van der Waals surface area contributed by atoms with E-state index in [4.69, 9.17) is 11.6 Å². The molecule has 21 heavy (non-hydrogen) atoms. The molecule has 0 saturated carbocycles. The van der Waals surface area contributed by atoms with Gasteiger partial charge in [-0.1, -0.05) is 17.7 Å². The molecule has 0 aliphatic heterocycles. The van der Waals surface area contributed by atoms with Gasteiger partial charge in [0.2, 0.25) is 0 Å². The maximum absolute atomic E-state index is 11.9. The number of nitrogens with one attached hydrogen (secondary N) is 2. The first-order chi connectivity index (χ1) is 9.97. The summed E-state index contributed by atoms with van der Waals surface area (Å²) in [4.78, 5) is 23.0. The van der Waals surface area contributed by atoms with E-state index in [2.05, 4.69) is 10.6 Å². The molecule has 0 bridgehead atoms. The zero-order valence-electron chi connectivity index (χ0n) is 11.0. The van der Waals surface area contributed by atoms with Crippen molar-refractivity contribution in [2.45, 2.75) is 13.0 Å². The number of nitro benzene ring substituents is 1. The number of nitrogens with zero attached hydrogens (tertiary/aromatic N) is 1. The molecule has 1 aromatic carbocycles. The standard InChI is InChI=1S/C13H12ClN3O3S/c1-8(12-3-2-6-21-12)15-13(18)16-11-5-4-9(17(19)20)7-10(11)14/h2-8H,1H3,(H2,15,16,18). The molecule has 1 atom stereocenters. The smallest absolute Gasteiger partial charge is 0.319 e. The first-order valence-electron chi connectivity index (χ1n) is 6.02. The molecule has 2 N–H and O–H groups in total. The summed E-state index contributed by atoms with van der Waals surface area (Å²) in [5.41, 5.74) is 0.191.